The number of benzene rings is 1. The molecule has 1 heterocycles. The maximum atomic E-state index is 11.8. The van der Waals surface area contributed by atoms with Crippen molar-refractivity contribution in [3.8, 4) is 0 Å². The van der Waals surface area contributed by atoms with Crippen LogP contribution >= 0.6 is 0 Å². The summed E-state index contributed by atoms with van der Waals surface area (Å²) in [6, 6.07) is 7.32. The maximum Gasteiger partial charge on any atom is 0.246 e. The standard InChI is InChI=1S/C13H16N4O/c1-9-3-4-11(7-12(9)14)16-13(18)8-17-10(2)5-6-15-17/h3-7H,8,14H2,1-2H3,(H,16,18). The molecule has 0 saturated heterocycles. The Hall–Kier alpha value is -2.30. The molecular weight excluding hydrogens is 228 g/mol. The van der Waals surface area contributed by atoms with Crippen LogP contribution in [0.5, 0.6) is 0 Å². The third kappa shape index (κ3) is 2.68. The van der Waals surface area contributed by atoms with Gasteiger partial charge < -0.3 is 11.1 Å². The van der Waals surface area contributed by atoms with Gasteiger partial charge in [0.15, 0.2) is 0 Å². The van der Waals surface area contributed by atoms with Crippen molar-refractivity contribution < 1.29 is 4.79 Å². The number of nitrogens with one attached hydrogen (secondary N) is 1. The van der Waals surface area contributed by atoms with Crippen LogP contribution in [-0.2, 0) is 11.3 Å². The number of amides is 1. The first-order chi connectivity index (χ1) is 8.56. The predicted octanol–water partition coefficient (Wildman–Crippen LogP) is 1.72. The van der Waals surface area contributed by atoms with Crippen LogP contribution in [0.4, 0.5) is 11.4 Å². The van der Waals surface area contributed by atoms with Crippen molar-refractivity contribution in [2.24, 2.45) is 0 Å². The van der Waals surface area contributed by atoms with E-state index in [1.165, 1.54) is 0 Å². The highest BCUT2D eigenvalue weighted by molar-refractivity contribution is 5.91. The number of nitrogens with two attached hydrogens (primary N) is 1. The quantitative estimate of drug-likeness (QED) is 0.807. The van der Waals surface area contributed by atoms with Crippen molar-refractivity contribution in [1.29, 1.82) is 0 Å². The molecule has 1 amide bonds. The largest absolute Gasteiger partial charge is 0.398 e. The van der Waals surface area contributed by atoms with E-state index >= 15 is 0 Å². The Balaban J connectivity index is 2.03. The van der Waals surface area contributed by atoms with Crippen LogP contribution < -0.4 is 11.1 Å². The fraction of sp³-hybridized carbons (Fsp3) is 0.231. The Morgan fingerprint density at radius 2 is 2.17 bits per heavy atom. The van der Waals surface area contributed by atoms with Crippen LogP contribution in [0, 0.1) is 13.8 Å². The molecule has 94 valence electrons. The van der Waals surface area contributed by atoms with Gasteiger partial charge in [-0.05, 0) is 37.6 Å². The molecular formula is C13H16N4O. The number of nitrogen functional groups attached to an aromatic ring is 1. The summed E-state index contributed by atoms with van der Waals surface area (Å²) in [5.41, 5.74) is 9.11. The third-order valence-corrected chi connectivity index (χ3v) is 2.79. The van der Waals surface area contributed by atoms with Gasteiger partial charge in [0.1, 0.15) is 6.54 Å². The normalized spacial score (nSPS) is 10.3. The van der Waals surface area contributed by atoms with E-state index in [0.717, 1.165) is 11.3 Å². The van der Waals surface area contributed by atoms with Gasteiger partial charge in [0.25, 0.3) is 0 Å². The van der Waals surface area contributed by atoms with Gasteiger partial charge in [-0.1, -0.05) is 6.07 Å². The second kappa shape index (κ2) is 4.91. The summed E-state index contributed by atoms with van der Waals surface area (Å²) in [5, 5.41) is 6.86. The first-order valence-corrected chi connectivity index (χ1v) is 5.70. The van der Waals surface area contributed by atoms with E-state index in [2.05, 4.69) is 10.4 Å². The smallest absolute Gasteiger partial charge is 0.246 e. The lowest BCUT2D eigenvalue weighted by atomic mass is 10.2. The van der Waals surface area contributed by atoms with Gasteiger partial charge in [-0.15, -0.1) is 0 Å². The molecule has 18 heavy (non-hydrogen) atoms. The van der Waals surface area contributed by atoms with Crippen molar-refractivity contribution in [3.05, 3.63) is 41.7 Å². The summed E-state index contributed by atoms with van der Waals surface area (Å²) >= 11 is 0. The van der Waals surface area contributed by atoms with E-state index in [-0.39, 0.29) is 12.5 Å². The minimum Gasteiger partial charge on any atom is -0.398 e. The fourth-order valence-electron chi connectivity index (χ4n) is 1.62. The van der Waals surface area contributed by atoms with E-state index in [4.69, 9.17) is 5.73 Å². The number of hydrogen-bond donors (Lipinski definition) is 2. The topological polar surface area (TPSA) is 72.9 Å². The summed E-state index contributed by atoms with van der Waals surface area (Å²) in [4.78, 5) is 11.8. The Bertz CT molecular complexity index is 574. The predicted molar refractivity (Wildman–Crippen MR) is 71.2 cm³/mol. The zero-order valence-electron chi connectivity index (χ0n) is 10.5. The second-order valence-corrected chi connectivity index (χ2v) is 4.25. The lowest BCUT2D eigenvalue weighted by molar-refractivity contribution is -0.116. The molecule has 0 atom stereocenters. The zero-order valence-corrected chi connectivity index (χ0v) is 10.5. The molecule has 0 fully saturated rings. The first-order valence-electron chi connectivity index (χ1n) is 5.70. The highest BCUT2D eigenvalue weighted by Gasteiger charge is 2.06. The van der Waals surface area contributed by atoms with Gasteiger partial charge in [-0.3, -0.25) is 9.48 Å². The van der Waals surface area contributed by atoms with Crippen LogP contribution in [0.25, 0.3) is 0 Å². The number of rotatable bonds is 3. The van der Waals surface area contributed by atoms with E-state index in [1.807, 2.05) is 32.0 Å². The second-order valence-electron chi connectivity index (χ2n) is 4.25. The molecule has 0 radical (unpaired) electrons. The van der Waals surface area contributed by atoms with E-state index in [1.54, 1.807) is 16.9 Å². The summed E-state index contributed by atoms with van der Waals surface area (Å²) in [7, 11) is 0. The van der Waals surface area contributed by atoms with Crippen molar-refractivity contribution in [1.82, 2.24) is 9.78 Å². The average Bonchev–Trinajstić information content (AvgIpc) is 2.70. The Labute approximate surface area is 106 Å². The van der Waals surface area contributed by atoms with Crippen molar-refractivity contribution in [2.75, 3.05) is 11.1 Å². The monoisotopic (exact) mass is 244 g/mol. The summed E-state index contributed by atoms with van der Waals surface area (Å²) in [6.45, 7) is 4.03. The van der Waals surface area contributed by atoms with Gasteiger partial charge in [0.05, 0.1) is 0 Å². The lowest BCUT2D eigenvalue weighted by Gasteiger charge is -2.08. The van der Waals surface area contributed by atoms with Crippen LogP contribution in [0.2, 0.25) is 0 Å². The number of aryl methyl sites for hydroxylation is 2. The van der Waals surface area contributed by atoms with Crippen LogP contribution in [-0.4, -0.2) is 15.7 Å². The van der Waals surface area contributed by atoms with Crippen molar-refractivity contribution in [2.45, 2.75) is 20.4 Å². The minimum atomic E-state index is -0.120. The van der Waals surface area contributed by atoms with Gasteiger partial charge in [-0.2, -0.15) is 5.10 Å². The molecule has 0 spiro atoms. The number of carbonyl (C=O) groups is 1. The fourth-order valence-corrected chi connectivity index (χ4v) is 1.62. The van der Waals surface area contributed by atoms with Gasteiger partial charge >= 0.3 is 0 Å². The van der Waals surface area contributed by atoms with E-state index < -0.39 is 0 Å². The van der Waals surface area contributed by atoms with E-state index in [9.17, 15) is 4.79 Å². The summed E-state index contributed by atoms with van der Waals surface area (Å²) in [5.74, 6) is -0.120. The molecule has 0 aliphatic rings. The molecule has 3 N–H and O–H groups in total. The molecule has 1 aromatic heterocycles. The Kier molecular flexibility index (Phi) is 3.32. The van der Waals surface area contributed by atoms with Gasteiger partial charge in [-0.25, -0.2) is 0 Å². The Morgan fingerprint density at radius 1 is 1.39 bits per heavy atom. The molecule has 5 heteroatoms. The molecule has 5 nitrogen and oxygen atoms in total. The lowest BCUT2D eigenvalue weighted by Crippen LogP contribution is -2.20. The van der Waals surface area contributed by atoms with Crippen LogP contribution in [0.15, 0.2) is 30.5 Å². The van der Waals surface area contributed by atoms with Crippen LogP contribution in [0.1, 0.15) is 11.3 Å². The number of aromatic nitrogens is 2. The van der Waals surface area contributed by atoms with Crippen molar-refractivity contribution in [3.63, 3.8) is 0 Å². The van der Waals surface area contributed by atoms with Crippen molar-refractivity contribution >= 4 is 17.3 Å². The average molecular weight is 244 g/mol. The summed E-state index contributed by atoms with van der Waals surface area (Å²) in [6.07, 6.45) is 1.67. The van der Waals surface area contributed by atoms with Crippen LogP contribution in [0.3, 0.4) is 0 Å². The maximum absolute atomic E-state index is 11.8. The minimum absolute atomic E-state index is 0.120. The number of nitrogens with zero attached hydrogens (tertiary/aromatic N) is 2. The molecule has 0 unspecified atom stereocenters. The summed E-state index contributed by atoms with van der Waals surface area (Å²) < 4.78 is 1.65. The van der Waals surface area contributed by atoms with Gasteiger partial charge in [0, 0.05) is 23.3 Å². The number of anilines is 2. The SMILES string of the molecule is Cc1ccc(NC(=O)Cn2nccc2C)cc1N. The third-order valence-electron chi connectivity index (χ3n) is 2.79. The zero-order chi connectivity index (χ0) is 13.1. The molecule has 2 rings (SSSR count). The number of hydrogen-bond acceptors (Lipinski definition) is 3. The molecule has 0 aliphatic heterocycles. The first kappa shape index (κ1) is 12.2. The Morgan fingerprint density at radius 3 is 2.78 bits per heavy atom. The van der Waals surface area contributed by atoms with E-state index in [0.29, 0.717) is 11.4 Å². The molecule has 0 saturated carbocycles. The number of carbonyl (C=O) groups excluding carboxylic acids is 1. The molecule has 0 bridgehead atoms. The highest BCUT2D eigenvalue weighted by Crippen LogP contribution is 2.16. The molecule has 1 aromatic carbocycles. The molecule has 2 aromatic rings. The highest BCUT2D eigenvalue weighted by atomic mass is 16.2. The molecule has 0 aliphatic carbocycles. The van der Waals surface area contributed by atoms with Gasteiger partial charge in [0.2, 0.25) is 5.91 Å².